The normalized spacial score (nSPS) is 25.5. The Labute approximate surface area is 126 Å². The average molecular weight is 293 g/mol. The Balaban J connectivity index is 1.50. The minimum absolute atomic E-state index is 0.0408. The first-order chi connectivity index (χ1) is 10.2. The van der Waals surface area contributed by atoms with Crippen LogP contribution < -0.4 is 0 Å². The molecule has 0 bridgehead atoms. The van der Waals surface area contributed by atoms with E-state index in [1.807, 2.05) is 19.1 Å². The van der Waals surface area contributed by atoms with Crippen LogP contribution in [0.3, 0.4) is 0 Å². The van der Waals surface area contributed by atoms with Crippen molar-refractivity contribution in [2.75, 3.05) is 26.3 Å². The molecule has 2 saturated heterocycles. The second-order valence-corrected chi connectivity index (χ2v) is 6.18. The molecule has 1 aromatic rings. The van der Waals surface area contributed by atoms with E-state index in [-0.39, 0.29) is 17.5 Å². The van der Waals surface area contributed by atoms with E-state index >= 15 is 0 Å². The van der Waals surface area contributed by atoms with Crippen LogP contribution in [0.5, 0.6) is 0 Å². The molecule has 0 unspecified atom stereocenters. The van der Waals surface area contributed by atoms with Gasteiger partial charge in [-0.15, -0.1) is 0 Å². The van der Waals surface area contributed by atoms with E-state index in [4.69, 9.17) is 9.47 Å². The third-order valence-corrected chi connectivity index (χ3v) is 4.66. The highest BCUT2D eigenvalue weighted by molar-refractivity contribution is 5.16. The first-order valence-electron chi connectivity index (χ1n) is 7.91. The number of halogens is 1. The van der Waals surface area contributed by atoms with Gasteiger partial charge in [0.25, 0.3) is 0 Å². The Morgan fingerprint density at radius 2 is 2.00 bits per heavy atom. The van der Waals surface area contributed by atoms with E-state index in [0.717, 1.165) is 52.1 Å². The summed E-state index contributed by atoms with van der Waals surface area (Å²) >= 11 is 0. The van der Waals surface area contributed by atoms with Crippen LogP contribution in [0, 0.1) is 5.82 Å². The number of nitrogens with zero attached hydrogens (tertiary/aromatic N) is 1. The molecule has 2 aliphatic rings. The van der Waals surface area contributed by atoms with Gasteiger partial charge in [0.2, 0.25) is 0 Å². The van der Waals surface area contributed by atoms with E-state index in [9.17, 15) is 4.39 Å². The van der Waals surface area contributed by atoms with Gasteiger partial charge in [-0.1, -0.05) is 12.1 Å². The highest BCUT2D eigenvalue weighted by atomic mass is 19.1. The van der Waals surface area contributed by atoms with Crippen molar-refractivity contribution >= 4 is 0 Å². The van der Waals surface area contributed by atoms with Gasteiger partial charge in [0, 0.05) is 32.7 Å². The minimum atomic E-state index is -0.169. The molecule has 1 aromatic carbocycles. The van der Waals surface area contributed by atoms with Gasteiger partial charge in [-0.2, -0.15) is 0 Å². The zero-order chi connectivity index (χ0) is 14.7. The van der Waals surface area contributed by atoms with Gasteiger partial charge in [-0.3, -0.25) is 4.90 Å². The molecule has 3 rings (SSSR count). The van der Waals surface area contributed by atoms with Crippen LogP contribution in [0.25, 0.3) is 0 Å². The third-order valence-electron chi connectivity index (χ3n) is 4.66. The van der Waals surface area contributed by atoms with E-state index in [0.29, 0.717) is 0 Å². The van der Waals surface area contributed by atoms with Gasteiger partial charge in [-0.05, 0) is 37.5 Å². The maximum Gasteiger partial charge on any atom is 0.123 e. The smallest absolute Gasteiger partial charge is 0.123 e. The highest BCUT2D eigenvalue weighted by Crippen LogP contribution is 2.37. The number of benzene rings is 1. The molecule has 0 aliphatic carbocycles. The Hall–Kier alpha value is -0.970. The van der Waals surface area contributed by atoms with Crippen LogP contribution in [0.1, 0.15) is 31.7 Å². The average Bonchev–Trinajstić information content (AvgIpc) is 2.88. The van der Waals surface area contributed by atoms with Gasteiger partial charge < -0.3 is 9.47 Å². The van der Waals surface area contributed by atoms with Crippen LogP contribution in [0.2, 0.25) is 0 Å². The lowest BCUT2D eigenvalue weighted by Crippen LogP contribution is -2.43. The van der Waals surface area contributed by atoms with E-state index in [1.165, 1.54) is 17.7 Å². The SMILES string of the molecule is CCO[C@@H]1COC2(CCN(Cc3ccc(F)cc3)CC2)C1. The molecule has 2 aliphatic heterocycles. The molecule has 2 fully saturated rings. The van der Waals surface area contributed by atoms with Gasteiger partial charge in [-0.25, -0.2) is 4.39 Å². The lowest BCUT2D eigenvalue weighted by atomic mass is 9.88. The van der Waals surface area contributed by atoms with Crippen LogP contribution in [0.4, 0.5) is 4.39 Å². The number of piperidine rings is 1. The standard InChI is InChI=1S/C17H24FNO2/c1-2-20-16-11-17(21-13-16)7-9-19(10-8-17)12-14-3-5-15(18)6-4-14/h3-6,16H,2,7-13H2,1H3/t16-/m0/s1. The first-order valence-corrected chi connectivity index (χ1v) is 7.91. The second-order valence-electron chi connectivity index (χ2n) is 6.18. The van der Waals surface area contributed by atoms with Crippen LogP contribution >= 0.6 is 0 Å². The molecule has 1 spiro atoms. The predicted octanol–water partition coefficient (Wildman–Crippen LogP) is 2.99. The number of rotatable bonds is 4. The molecule has 0 radical (unpaired) electrons. The maximum absolute atomic E-state index is 12.9. The Kier molecular flexibility index (Phi) is 4.57. The van der Waals surface area contributed by atoms with Crippen LogP contribution in [0.15, 0.2) is 24.3 Å². The molecule has 21 heavy (non-hydrogen) atoms. The summed E-state index contributed by atoms with van der Waals surface area (Å²) in [4.78, 5) is 2.43. The zero-order valence-electron chi connectivity index (χ0n) is 12.7. The second kappa shape index (κ2) is 6.42. The van der Waals surface area contributed by atoms with Crippen molar-refractivity contribution in [1.29, 1.82) is 0 Å². The van der Waals surface area contributed by atoms with Crippen molar-refractivity contribution in [2.45, 2.75) is 44.4 Å². The van der Waals surface area contributed by atoms with Gasteiger partial charge in [0.05, 0.1) is 18.3 Å². The predicted molar refractivity (Wildman–Crippen MR) is 79.6 cm³/mol. The van der Waals surface area contributed by atoms with Gasteiger partial charge in [0.1, 0.15) is 5.82 Å². The van der Waals surface area contributed by atoms with E-state index in [2.05, 4.69) is 4.90 Å². The third kappa shape index (κ3) is 3.62. The molecule has 4 heteroatoms. The summed E-state index contributed by atoms with van der Waals surface area (Å²) in [6.45, 7) is 6.51. The molecular formula is C17H24FNO2. The number of ether oxygens (including phenoxy) is 2. The van der Waals surface area contributed by atoms with Crippen LogP contribution in [-0.4, -0.2) is 42.9 Å². The molecule has 1 atom stereocenters. The topological polar surface area (TPSA) is 21.7 Å². The summed E-state index contributed by atoms with van der Waals surface area (Å²) in [6.07, 6.45) is 3.44. The summed E-state index contributed by atoms with van der Waals surface area (Å²) in [6, 6.07) is 6.81. The monoisotopic (exact) mass is 293 g/mol. The van der Waals surface area contributed by atoms with Gasteiger partial charge >= 0.3 is 0 Å². The van der Waals surface area contributed by atoms with Crippen molar-refractivity contribution in [2.24, 2.45) is 0 Å². The number of likely N-dealkylation sites (tertiary alicyclic amines) is 1. The number of hydrogen-bond donors (Lipinski definition) is 0. The largest absolute Gasteiger partial charge is 0.376 e. The molecule has 0 N–H and O–H groups in total. The zero-order valence-corrected chi connectivity index (χ0v) is 12.7. The molecule has 0 amide bonds. The Bertz CT molecular complexity index is 454. The van der Waals surface area contributed by atoms with Crippen molar-refractivity contribution < 1.29 is 13.9 Å². The highest BCUT2D eigenvalue weighted by Gasteiger charge is 2.42. The summed E-state index contributed by atoms with van der Waals surface area (Å²) in [7, 11) is 0. The fourth-order valence-electron chi connectivity index (χ4n) is 3.46. The molecule has 3 nitrogen and oxygen atoms in total. The summed E-state index contributed by atoms with van der Waals surface area (Å²) in [5.41, 5.74) is 1.21. The minimum Gasteiger partial charge on any atom is -0.376 e. The Morgan fingerprint density at radius 1 is 1.29 bits per heavy atom. The molecule has 0 saturated carbocycles. The van der Waals surface area contributed by atoms with Crippen molar-refractivity contribution in [3.63, 3.8) is 0 Å². The molecule has 0 aromatic heterocycles. The van der Waals surface area contributed by atoms with Crippen molar-refractivity contribution in [3.8, 4) is 0 Å². The fraction of sp³-hybridized carbons (Fsp3) is 0.647. The van der Waals surface area contributed by atoms with Crippen molar-refractivity contribution in [3.05, 3.63) is 35.6 Å². The van der Waals surface area contributed by atoms with Crippen LogP contribution in [-0.2, 0) is 16.0 Å². The fourth-order valence-corrected chi connectivity index (χ4v) is 3.46. The van der Waals surface area contributed by atoms with E-state index < -0.39 is 0 Å². The lowest BCUT2D eigenvalue weighted by Gasteiger charge is -2.38. The number of hydrogen-bond acceptors (Lipinski definition) is 3. The first kappa shape index (κ1) is 14.9. The van der Waals surface area contributed by atoms with Crippen molar-refractivity contribution in [1.82, 2.24) is 4.90 Å². The Morgan fingerprint density at radius 3 is 2.67 bits per heavy atom. The van der Waals surface area contributed by atoms with E-state index in [1.54, 1.807) is 0 Å². The summed E-state index contributed by atoms with van der Waals surface area (Å²) in [5, 5.41) is 0. The molecular weight excluding hydrogens is 269 g/mol. The lowest BCUT2D eigenvalue weighted by molar-refractivity contribution is -0.0464. The van der Waals surface area contributed by atoms with Gasteiger partial charge in [0.15, 0.2) is 0 Å². The summed E-state index contributed by atoms with van der Waals surface area (Å²) in [5.74, 6) is -0.169. The molecule has 116 valence electrons. The summed E-state index contributed by atoms with van der Waals surface area (Å²) < 4.78 is 24.7. The quantitative estimate of drug-likeness (QED) is 0.852. The maximum atomic E-state index is 12.9. The molecule has 2 heterocycles.